The molecule has 3 rings (SSSR count). The minimum Gasteiger partial charge on any atom is -0.358 e. The van der Waals surface area contributed by atoms with Gasteiger partial charge >= 0.3 is 0 Å². The van der Waals surface area contributed by atoms with E-state index >= 15 is 0 Å². The third-order valence-corrected chi connectivity index (χ3v) is 4.84. The Morgan fingerprint density at radius 2 is 1.88 bits per heavy atom. The molecule has 0 aliphatic carbocycles. The summed E-state index contributed by atoms with van der Waals surface area (Å²) in [6.45, 7) is 8.21. The fourth-order valence-electron chi connectivity index (χ4n) is 2.92. The van der Waals surface area contributed by atoms with E-state index in [-0.39, 0.29) is 5.82 Å². The Morgan fingerprint density at radius 3 is 2.52 bits per heavy atom. The molecule has 0 saturated carbocycles. The highest BCUT2D eigenvalue weighted by Crippen LogP contribution is 2.10. The van der Waals surface area contributed by atoms with Gasteiger partial charge in [0.15, 0.2) is 5.11 Å². The fourth-order valence-corrected chi connectivity index (χ4v) is 3.17. The molecule has 2 heterocycles. The van der Waals surface area contributed by atoms with E-state index in [0.29, 0.717) is 6.54 Å². The van der Waals surface area contributed by atoms with Crippen molar-refractivity contribution < 1.29 is 4.39 Å². The summed E-state index contributed by atoms with van der Waals surface area (Å²) in [5, 5.41) is 8.39. The molecule has 0 radical (unpaired) electrons. The van der Waals surface area contributed by atoms with Crippen molar-refractivity contribution >= 4 is 17.3 Å². The molecule has 1 fully saturated rings. The van der Waals surface area contributed by atoms with E-state index in [4.69, 9.17) is 12.2 Å². The van der Waals surface area contributed by atoms with Crippen molar-refractivity contribution in [1.29, 1.82) is 0 Å². The number of benzene rings is 1. The van der Waals surface area contributed by atoms with Gasteiger partial charge in [-0.15, -0.1) is 0 Å². The molecule has 2 aromatic rings. The summed E-state index contributed by atoms with van der Waals surface area (Å²) in [6, 6.07) is 6.74. The van der Waals surface area contributed by atoms with Gasteiger partial charge in [-0.1, -0.05) is 12.1 Å². The Morgan fingerprint density at radius 1 is 1.16 bits per heavy atom. The van der Waals surface area contributed by atoms with Crippen LogP contribution in [-0.4, -0.2) is 50.9 Å². The Hall–Kier alpha value is -1.99. The minimum absolute atomic E-state index is 0.186. The molecule has 0 atom stereocenters. The van der Waals surface area contributed by atoms with Crippen LogP contribution in [0.1, 0.15) is 18.1 Å². The smallest absolute Gasteiger partial charge is 0.169 e. The lowest BCUT2D eigenvalue weighted by atomic mass is 10.2. The molecule has 5 nitrogen and oxygen atoms in total. The second-order valence-corrected chi connectivity index (χ2v) is 6.64. The van der Waals surface area contributed by atoms with Gasteiger partial charge in [0.2, 0.25) is 0 Å². The van der Waals surface area contributed by atoms with E-state index in [2.05, 4.69) is 27.1 Å². The number of aryl methyl sites for hydroxylation is 1. The van der Waals surface area contributed by atoms with Crippen LogP contribution in [0.15, 0.2) is 36.7 Å². The summed E-state index contributed by atoms with van der Waals surface area (Å²) >= 11 is 5.52. The molecular weight excluding hydrogens is 337 g/mol. The van der Waals surface area contributed by atoms with Crippen LogP contribution in [0.3, 0.4) is 0 Å². The quantitative estimate of drug-likeness (QED) is 0.827. The van der Waals surface area contributed by atoms with Crippen molar-refractivity contribution in [2.75, 3.05) is 26.2 Å². The van der Waals surface area contributed by atoms with Gasteiger partial charge in [-0.25, -0.2) is 4.39 Å². The standard InChI is InChI=1S/C18H24FN5S/c1-2-24-14-16(12-21-24)11-20-18(25)23-9-7-22(8-10-23)13-15-3-5-17(19)6-4-15/h3-6,12,14H,2,7-11,13H2,1H3,(H,20,25). The third kappa shape index (κ3) is 4.99. The van der Waals surface area contributed by atoms with Gasteiger partial charge in [0.1, 0.15) is 5.82 Å². The normalized spacial score (nSPS) is 15.4. The number of nitrogens with one attached hydrogen (secondary N) is 1. The first-order valence-corrected chi connectivity index (χ1v) is 9.06. The average molecular weight is 361 g/mol. The lowest BCUT2D eigenvalue weighted by Gasteiger charge is -2.36. The zero-order valence-corrected chi connectivity index (χ0v) is 15.3. The van der Waals surface area contributed by atoms with Crippen LogP contribution < -0.4 is 5.32 Å². The van der Waals surface area contributed by atoms with Crippen LogP contribution in [0, 0.1) is 5.82 Å². The van der Waals surface area contributed by atoms with E-state index < -0.39 is 0 Å². The Bertz CT molecular complexity index is 692. The van der Waals surface area contributed by atoms with Crippen molar-refractivity contribution in [3.05, 3.63) is 53.6 Å². The zero-order chi connectivity index (χ0) is 17.6. The predicted octanol–water partition coefficient (Wildman–Crippen LogP) is 2.23. The van der Waals surface area contributed by atoms with Crippen molar-refractivity contribution in [3.63, 3.8) is 0 Å². The lowest BCUT2D eigenvalue weighted by molar-refractivity contribution is 0.174. The van der Waals surface area contributed by atoms with Gasteiger partial charge in [-0.3, -0.25) is 9.58 Å². The molecule has 0 amide bonds. The summed E-state index contributed by atoms with van der Waals surface area (Å²) in [4.78, 5) is 4.58. The first-order chi connectivity index (χ1) is 12.1. The topological polar surface area (TPSA) is 36.3 Å². The SMILES string of the molecule is CCn1cc(CNC(=S)N2CCN(Cc3ccc(F)cc3)CC2)cn1. The molecular formula is C18H24FN5S. The maximum Gasteiger partial charge on any atom is 0.169 e. The number of halogens is 1. The predicted molar refractivity (Wildman–Crippen MR) is 101 cm³/mol. The van der Waals surface area contributed by atoms with Crippen molar-refractivity contribution in [1.82, 2.24) is 24.9 Å². The number of hydrogen-bond acceptors (Lipinski definition) is 3. The van der Waals surface area contributed by atoms with Gasteiger partial charge in [0.05, 0.1) is 6.20 Å². The highest BCUT2D eigenvalue weighted by Gasteiger charge is 2.18. The molecule has 1 aromatic carbocycles. The first kappa shape index (κ1) is 17.8. The average Bonchev–Trinajstić information content (AvgIpc) is 3.10. The molecule has 0 spiro atoms. The van der Waals surface area contributed by atoms with E-state index in [1.54, 1.807) is 0 Å². The number of aromatic nitrogens is 2. The minimum atomic E-state index is -0.186. The highest BCUT2D eigenvalue weighted by molar-refractivity contribution is 7.80. The van der Waals surface area contributed by atoms with Gasteiger partial charge in [0.25, 0.3) is 0 Å². The summed E-state index contributed by atoms with van der Waals surface area (Å²) in [5.74, 6) is -0.186. The van der Waals surface area contributed by atoms with Crippen LogP contribution in [0.5, 0.6) is 0 Å². The van der Waals surface area contributed by atoms with E-state index in [1.807, 2.05) is 29.2 Å². The summed E-state index contributed by atoms with van der Waals surface area (Å²) in [7, 11) is 0. The van der Waals surface area contributed by atoms with Gasteiger partial charge < -0.3 is 10.2 Å². The molecule has 1 aliphatic heterocycles. The molecule has 134 valence electrons. The van der Waals surface area contributed by atoms with Crippen LogP contribution >= 0.6 is 12.2 Å². The molecule has 7 heteroatoms. The van der Waals surface area contributed by atoms with Gasteiger partial charge in [-0.2, -0.15) is 5.10 Å². The van der Waals surface area contributed by atoms with Crippen molar-refractivity contribution in [2.24, 2.45) is 0 Å². The largest absolute Gasteiger partial charge is 0.358 e. The van der Waals surface area contributed by atoms with Gasteiger partial charge in [-0.05, 0) is 36.8 Å². The molecule has 1 aliphatic rings. The Labute approximate surface area is 153 Å². The molecule has 0 bridgehead atoms. The van der Waals surface area contributed by atoms with E-state index in [1.165, 1.54) is 12.1 Å². The maximum absolute atomic E-state index is 13.0. The van der Waals surface area contributed by atoms with Crippen LogP contribution in [0.25, 0.3) is 0 Å². The number of rotatable bonds is 5. The van der Waals surface area contributed by atoms with Crippen LogP contribution in [0.4, 0.5) is 4.39 Å². The Kier molecular flexibility index (Phi) is 5.99. The number of thiocarbonyl (C=S) groups is 1. The first-order valence-electron chi connectivity index (χ1n) is 8.65. The number of piperazine rings is 1. The molecule has 1 aromatic heterocycles. The van der Waals surface area contributed by atoms with Crippen LogP contribution in [-0.2, 0) is 19.6 Å². The molecule has 25 heavy (non-hydrogen) atoms. The monoisotopic (exact) mass is 361 g/mol. The Balaban J connectivity index is 1.41. The van der Waals surface area contributed by atoms with E-state index in [9.17, 15) is 4.39 Å². The van der Waals surface area contributed by atoms with Gasteiger partial charge in [0, 0.05) is 57.6 Å². The van der Waals surface area contributed by atoms with Crippen molar-refractivity contribution in [2.45, 2.75) is 26.6 Å². The third-order valence-electron chi connectivity index (χ3n) is 4.43. The lowest BCUT2D eigenvalue weighted by Crippen LogP contribution is -2.51. The fraction of sp³-hybridized carbons (Fsp3) is 0.444. The zero-order valence-electron chi connectivity index (χ0n) is 14.5. The summed E-state index contributed by atoms with van der Waals surface area (Å²) in [5.41, 5.74) is 2.28. The molecule has 1 saturated heterocycles. The van der Waals surface area contributed by atoms with E-state index in [0.717, 1.165) is 55.5 Å². The second-order valence-electron chi connectivity index (χ2n) is 6.25. The van der Waals surface area contributed by atoms with Crippen molar-refractivity contribution in [3.8, 4) is 0 Å². The summed E-state index contributed by atoms with van der Waals surface area (Å²) in [6.07, 6.45) is 3.91. The molecule has 0 unspecified atom stereocenters. The number of nitrogens with zero attached hydrogens (tertiary/aromatic N) is 4. The molecule has 1 N–H and O–H groups in total. The highest BCUT2D eigenvalue weighted by atomic mass is 32.1. The number of hydrogen-bond donors (Lipinski definition) is 1. The second kappa shape index (κ2) is 8.40. The maximum atomic E-state index is 13.0. The summed E-state index contributed by atoms with van der Waals surface area (Å²) < 4.78 is 14.9. The van der Waals surface area contributed by atoms with Crippen LogP contribution in [0.2, 0.25) is 0 Å².